The largest absolute Gasteiger partial charge is 0.480 e. The van der Waals surface area contributed by atoms with Crippen molar-refractivity contribution in [3.63, 3.8) is 0 Å². The summed E-state index contributed by atoms with van der Waals surface area (Å²) in [6, 6.07) is -0.838. The van der Waals surface area contributed by atoms with Gasteiger partial charge >= 0.3 is 5.97 Å². The third-order valence-corrected chi connectivity index (χ3v) is 3.96. The van der Waals surface area contributed by atoms with E-state index in [4.69, 9.17) is 5.11 Å². The van der Waals surface area contributed by atoms with E-state index in [2.05, 4.69) is 25.7 Å². The van der Waals surface area contributed by atoms with Crippen LogP contribution in [0.4, 0.5) is 0 Å². The number of carbonyl (C=O) groups is 2. The zero-order valence-corrected chi connectivity index (χ0v) is 12.9. The molecule has 0 heterocycles. The summed E-state index contributed by atoms with van der Waals surface area (Å²) >= 11 is 1.54. The van der Waals surface area contributed by atoms with Gasteiger partial charge in [0.25, 0.3) is 0 Å². The molecule has 0 aliphatic rings. The number of unbranched alkanes of at least 4 members (excludes halogenated alkanes) is 1. The maximum Gasteiger partial charge on any atom is 0.327 e. The van der Waals surface area contributed by atoms with E-state index in [0.29, 0.717) is 23.7 Å². The Hall–Kier alpha value is -0.970. The second kappa shape index (κ2) is 9.89. The lowest BCUT2D eigenvalue weighted by atomic mass is 10.1. The first kappa shape index (κ1) is 18.0. The van der Waals surface area contributed by atoms with Gasteiger partial charge in [0.15, 0.2) is 0 Å². The maximum absolute atomic E-state index is 11.8. The number of carboxylic acids is 1. The van der Waals surface area contributed by atoms with Crippen molar-refractivity contribution in [2.75, 3.05) is 11.5 Å². The fourth-order valence-corrected chi connectivity index (χ4v) is 2.43. The number of rotatable bonds is 10. The lowest BCUT2D eigenvalue weighted by molar-refractivity contribution is -0.140. The van der Waals surface area contributed by atoms with E-state index in [1.54, 1.807) is 11.8 Å². The quantitative estimate of drug-likeness (QED) is 0.606. The molecule has 2 N–H and O–H groups in total. The molecule has 19 heavy (non-hydrogen) atoms. The summed E-state index contributed by atoms with van der Waals surface area (Å²) in [5.41, 5.74) is 0.460. The van der Waals surface area contributed by atoms with Gasteiger partial charge in [-0.05, 0) is 24.5 Å². The Labute approximate surface area is 120 Å². The van der Waals surface area contributed by atoms with Gasteiger partial charge in [-0.3, -0.25) is 4.79 Å². The molecule has 0 radical (unpaired) electrons. The molecule has 4 nitrogen and oxygen atoms in total. The van der Waals surface area contributed by atoms with Crippen molar-refractivity contribution >= 4 is 23.6 Å². The molecule has 0 fully saturated rings. The monoisotopic (exact) mass is 287 g/mol. The highest BCUT2D eigenvalue weighted by atomic mass is 32.2. The highest BCUT2D eigenvalue weighted by Crippen LogP contribution is 2.10. The van der Waals surface area contributed by atoms with E-state index in [0.717, 1.165) is 18.6 Å². The molecule has 110 valence electrons. The molecular weight excluding hydrogens is 262 g/mol. The number of thioether (sulfide) groups is 1. The topological polar surface area (TPSA) is 66.4 Å². The summed E-state index contributed by atoms with van der Waals surface area (Å²) in [7, 11) is 0. The molecule has 0 spiro atoms. The molecule has 1 atom stereocenters. The molecule has 0 saturated carbocycles. The van der Waals surface area contributed by atoms with Crippen LogP contribution in [0.3, 0.4) is 0 Å². The highest BCUT2D eigenvalue weighted by molar-refractivity contribution is 7.99. The second-order valence-corrected chi connectivity index (χ2v) is 6.08. The van der Waals surface area contributed by atoms with Gasteiger partial charge in [0.05, 0.1) is 0 Å². The predicted molar refractivity (Wildman–Crippen MR) is 80.4 cm³/mol. The maximum atomic E-state index is 11.8. The molecule has 5 heteroatoms. The molecule has 0 aromatic heterocycles. The Balaban J connectivity index is 4.22. The first-order chi connectivity index (χ1) is 8.88. The minimum atomic E-state index is -0.993. The first-order valence-corrected chi connectivity index (χ1v) is 7.83. The van der Waals surface area contributed by atoms with Crippen LogP contribution in [0.15, 0.2) is 12.2 Å². The zero-order chi connectivity index (χ0) is 14.8. The Morgan fingerprint density at radius 2 is 1.95 bits per heavy atom. The summed E-state index contributed by atoms with van der Waals surface area (Å²) < 4.78 is 0. The summed E-state index contributed by atoms with van der Waals surface area (Å²) in [4.78, 5) is 22.9. The van der Waals surface area contributed by atoms with Gasteiger partial charge in [0.1, 0.15) is 6.04 Å². The van der Waals surface area contributed by atoms with Crippen molar-refractivity contribution < 1.29 is 14.7 Å². The number of carbonyl (C=O) groups excluding carboxylic acids is 1. The fraction of sp³-hybridized carbons (Fsp3) is 0.714. The van der Waals surface area contributed by atoms with Gasteiger partial charge in [-0.1, -0.05) is 33.8 Å². The molecule has 0 unspecified atom stereocenters. The number of hydrogen-bond acceptors (Lipinski definition) is 3. The summed E-state index contributed by atoms with van der Waals surface area (Å²) in [6.45, 7) is 9.89. The number of hydrogen-bond donors (Lipinski definition) is 2. The van der Waals surface area contributed by atoms with Crippen LogP contribution in [0.1, 0.15) is 40.0 Å². The molecule has 0 aromatic carbocycles. The molecule has 1 amide bonds. The van der Waals surface area contributed by atoms with Crippen molar-refractivity contribution in [2.24, 2.45) is 5.92 Å². The molecule has 0 rings (SSSR count). The minimum Gasteiger partial charge on any atom is -0.480 e. The van der Waals surface area contributed by atoms with Crippen LogP contribution in [0.2, 0.25) is 0 Å². The second-order valence-electron chi connectivity index (χ2n) is 5.00. The standard InChI is InChI=1S/C14H25NO3S/c1-5-6-7-11(4)13(16)15-12(14(17)18)9-19-8-10(2)3/h10,12H,4-9H2,1-3H3,(H,15,16)(H,17,18)/t12-/m0/s1. The number of carboxylic acid groups (broad SMARTS) is 1. The van der Waals surface area contributed by atoms with E-state index >= 15 is 0 Å². The Kier molecular flexibility index (Phi) is 9.39. The van der Waals surface area contributed by atoms with Gasteiger partial charge in [0.2, 0.25) is 5.91 Å². The highest BCUT2D eigenvalue weighted by Gasteiger charge is 2.20. The Bertz CT molecular complexity index is 316. The van der Waals surface area contributed by atoms with Gasteiger partial charge < -0.3 is 10.4 Å². The van der Waals surface area contributed by atoms with Crippen LogP contribution in [-0.2, 0) is 9.59 Å². The molecule has 0 saturated heterocycles. The van der Waals surface area contributed by atoms with Crippen molar-refractivity contribution in [3.8, 4) is 0 Å². The summed E-state index contributed by atoms with van der Waals surface area (Å²) in [5.74, 6) is 0.449. The van der Waals surface area contributed by atoms with Crippen molar-refractivity contribution in [2.45, 2.75) is 46.1 Å². The minimum absolute atomic E-state index is 0.342. The van der Waals surface area contributed by atoms with Crippen LogP contribution >= 0.6 is 11.8 Å². The van der Waals surface area contributed by atoms with Gasteiger partial charge in [-0.2, -0.15) is 11.8 Å². The van der Waals surface area contributed by atoms with E-state index in [9.17, 15) is 9.59 Å². The van der Waals surface area contributed by atoms with Crippen LogP contribution in [-0.4, -0.2) is 34.5 Å². The van der Waals surface area contributed by atoms with Crippen molar-refractivity contribution in [3.05, 3.63) is 12.2 Å². The zero-order valence-electron chi connectivity index (χ0n) is 12.1. The van der Waals surface area contributed by atoms with Crippen molar-refractivity contribution in [1.82, 2.24) is 5.32 Å². The fourth-order valence-electron chi connectivity index (χ4n) is 1.36. The predicted octanol–water partition coefficient (Wildman–Crippen LogP) is 2.69. The molecular formula is C14H25NO3S. The lowest BCUT2D eigenvalue weighted by Crippen LogP contribution is -2.43. The smallest absolute Gasteiger partial charge is 0.327 e. The Morgan fingerprint density at radius 1 is 1.32 bits per heavy atom. The lowest BCUT2D eigenvalue weighted by Gasteiger charge is -2.15. The Morgan fingerprint density at radius 3 is 2.42 bits per heavy atom. The average molecular weight is 287 g/mol. The van der Waals surface area contributed by atoms with Crippen LogP contribution < -0.4 is 5.32 Å². The molecule has 0 aromatic rings. The van der Waals surface area contributed by atoms with Gasteiger partial charge in [-0.15, -0.1) is 0 Å². The summed E-state index contributed by atoms with van der Waals surface area (Å²) in [6.07, 6.45) is 2.50. The molecule has 0 aliphatic carbocycles. The third kappa shape index (κ3) is 8.70. The van der Waals surface area contributed by atoms with E-state index in [-0.39, 0.29) is 5.91 Å². The van der Waals surface area contributed by atoms with Gasteiger partial charge in [-0.25, -0.2) is 4.79 Å². The van der Waals surface area contributed by atoms with Crippen LogP contribution in [0, 0.1) is 5.92 Å². The number of aliphatic carboxylic acids is 1. The summed E-state index contributed by atoms with van der Waals surface area (Å²) in [5, 5.41) is 11.6. The molecule has 0 bridgehead atoms. The van der Waals surface area contributed by atoms with Gasteiger partial charge in [0, 0.05) is 11.3 Å². The molecule has 0 aliphatic heterocycles. The van der Waals surface area contributed by atoms with E-state index in [1.807, 2.05) is 6.92 Å². The number of nitrogens with one attached hydrogen (secondary N) is 1. The van der Waals surface area contributed by atoms with Crippen molar-refractivity contribution in [1.29, 1.82) is 0 Å². The SMILES string of the molecule is C=C(CCCC)C(=O)N[C@@H](CSCC(C)C)C(=O)O. The normalized spacial score (nSPS) is 12.2. The van der Waals surface area contributed by atoms with Crippen LogP contribution in [0.5, 0.6) is 0 Å². The average Bonchev–Trinajstić information content (AvgIpc) is 2.33. The third-order valence-electron chi connectivity index (χ3n) is 2.49. The first-order valence-electron chi connectivity index (χ1n) is 6.67. The van der Waals surface area contributed by atoms with E-state index in [1.165, 1.54) is 0 Å². The number of amides is 1. The van der Waals surface area contributed by atoms with E-state index < -0.39 is 12.0 Å². The van der Waals surface area contributed by atoms with Crippen LogP contribution in [0.25, 0.3) is 0 Å².